The zero-order valence-corrected chi connectivity index (χ0v) is 13.6. The van der Waals surface area contributed by atoms with Crippen molar-refractivity contribution in [3.05, 3.63) is 71.4 Å². The van der Waals surface area contributed by atoms with Gasteiger partial charge in [0.05, 0.1) is 11.1 Å². The highest BCUT2D eigenvalue weighted by atomic mass is 19.4. The van der Waals surface area contributed by atoms with E-state index >= 15 is 0 Å². The first-order valence-electron chi connectivity index (χ1n) is 7.57. The number of esters is 1. The summed E-state index contributed by atoms with van der Waals surface area (Å²) in [4.78, 5) is 16.3. The molecule has 0 aliphatic rings. The molecule has 134 valence electrons. The van der Waals surface area contributed by atoms with Gasteiger partial charge < -0.3 is 9.26 Å². The first-order valence-corrected chi connectivity index (χ1v) is 7.57. The average Bonchev–Trinajstić information content (AvgIpc) is 3.04. The number of halogens is 3. The number of carbonyl (C=O) groups excluding carboxylic acids is 1. The molecule has 0 amide bonds. The second kappa shape index (κ2) is 6.99. The molecular formula is C18H13F3N2O3. The highest BCUT2D eigenvalue weighted by molar-refractivity contribution is 5.97. The van der Waals surface area contributed by atoms with E-state index in [-0.39, 0.29) is 18.1 Å². The van der Waals surface area contributed by atoms with Crippen LogP contribution in [0.25, 0.3) is 11.1 Å². The van der Waals surface area contributed by atoms with Crippen molar-refractivity contribution in [2.75, 3.05) is 0 Å². The minimum Gasteiger partial charge on any atom is -0.452 e. The first-order chi connectivity index (χ1) is 12.3. The Morgan fingerprint density at radius 1 is 1.12 bits per heavy atom. The molecular weight excluding hydrogens is 349 g/mol. The number of hydrogen-bond donors (Lipinski definition) is 0. The van der Waals surface area contributed by atoms with Crippen LogP contribution >= 0.6 is 0 Å². The predicted molar refractivity (Wildman–Crippen MR) is 85.0 cm³/mol. The Hall–Kier alpha value is -3.16. The number of rotatable bonds is 4. The van der Waals surface area contributed by atoms with Gasteiger partial charge in [0.2, 0.25) is 0 Å². The molecule has 0 unspecified atom stereocenters. The van der Waals surface area contributed by atoms with E-state index in [1.165, 1.54) is 18.2 Å². The Balaban J connectivity index is 1.82. The zero-order valence-electron chi connectivity index (χ0n) is 13.6. The number of alkyl halides is 3. The van der Waals surface area contributed by atoms with E-state index < -0.39 is 17.7 Å². The topological polar surface area (TPSA) is 65.2 Å². The summed E-state index contributed by atoms with van der Waals surface area (Å²) in [7, 11) is 0. The molecule has 0 saturated carbocycles. The molecule has 26 heavy (non-hydrogen) atoms. The van der Waals surface area contributed by atoms with E-state index in [9.17, 15) is 18.0 Å². The van der Waals surface area contributed by atoms with Gasteiger partial charge in [0, 0.05) is 0 Å². The van der Waals surface area contributed by atoms with Crippen molar-refractivity contribution in [3.8, 4) is 11.1 Å². The van der Waals surface area contributed by atoms with Gasteiger partial charge in [-0.15, -0.1) is 0 Å². The third kappa shape index (κ3) is 3.90. The fourth-order valence-electron chi connectivity index (χ4n) is 2.36. The summed E-state index contributed by atoms with van der Waals surface area (Å²) in [6.45, 7) is 1.44. The van der Waals surface area contributed by atoms with Gasteiger partial charge in [0.25, 0.3) is 5.89 Å². The van der Waals surface area contributed by atoms with E-state index in [0.29, 0.717) is 17.0 Å². The van der Waals surface area contributed by atoms with Crippen LogP contribution < -0.4 is 0 Å². The summed E-state index contributed by atoms with van der Waals surface area (Å²) in [5, 5.41) is 3.59. The van der Waals surface area contributed by atoms with Crippen LogP contribution in [0.2, 0.25) is 0 Å². The molecule has 1 heterocycles. The standard InChI is InChI=1S/C18H13F3N2O3/c1-11-22-16(26-23-11)10-25-17(24)15-5-3-2-4-14(15)12-6-8-13(9-7-12)18(19,20)21/h2-9H,10H2,1H3. The van der Waals surface area contributed by atoms with Gasteiger partial charge in [-0.2, -0.15) is 18.2 Å². The number of nitrogens with zero attached hydrogens (tertiary/aromatic N) is 2. The summed E-state index contributed by atoms with van der Waals surface area (Å²) < 4.78 is 48.1. The van der Waals surface area contributed by atoms with Gasteiger partial charge >= 0.3 is 12.1 Å². The summed E-state index contributed by atoms with van der Waals surface area (Å²) in [6.07, 6.45) is -4.42. The molecule has 5 nitrogen and oxygen atoms in total. The molecule has 0 saturated heterocycles. The maximum atomic E-state index is 12.7. The monoisotopic (exact) mass is 362 g/mol. The lowest BCUT2D eigenvalue weighted by Gasteiger charge is -2.11. The molecule has 8 heteroatoms. The molecule has 0 aliphatic carbocycles. The molecule has 0 atom stereocenters. The van der Waals surface area contributed by atoms with Crippen LogP contribution in [-0.4, -0.2) is 16.1 Å². The SMILES string of the molecule is Cc1noc(COC(=O)c2ccccc2-c2ccc(C(F)(F)F)cc2)n1. The Morgan fingerprint density at radius 3 is 2.42 bits per heavy atom. The molecule has 1 aromatic heterocycles. The van der Waals surface area contributed by atoms with Gasteiger partial charge in [-0.1, -0.05) is 35.5 Å². The largest absolute Gasteiger partial charge is 0.452 e. The molecule has 0 spiro atoms. The highest BCUT2D eigenvalue weighted by Crippen LogP contribution is 2.32. The summed E-state index contributed by atoms with van der Waals surface area (Å²) in [5.41, 5.74) is 0.406. The van der Waals surface area contributed by atoms with Crippen LogP contribution in [0, 0.1) is 6.92 Å². The number of benzene rings is 2. The van der Waals surface area contributed by atoms with Gasteiger partial charge in [-0.05, 0) is 36.2 Å². The van der Waals surface area contributed by atoms with Crippen molar-refractivity contribution in [3.63, 3.8) is 0 Å². The molecule has 3 aromatic rings. The number of ether oxygens (including phenoxy) is 1. The smallest absolute Gasteiger partial charge is 0.416 e. The van der Waals surface area contributed by atoms with Gasteiger partial charge in [-0.3, -0.25) is 0 Å². The summed E-state index contributed by atoms with van der Waals surface area (Å²) in [5.74, 6) is -0.0691. The molecule has 0 aliphatic heterocycles. The quantitative estimate of drug-likeness (QED) is 0.643. The van der Waals surface area contributed by atoms with Gasteiger partial charge in [0.1, 0.15) is 0 Å². The molecule has 0 radical (unpaired) electrons. The maximum Gasteiger partial charge on any atom is 0.416 e. The highest BCUT2D eigenvalue weighted by Gasteiger charge is 2.30. The number of aryl methyl sites for hydroxylation is 1. The van der Waals surface area contributed by atoms with E-state index in [4.69, 9.17) is 9.26 Å². The van der Waals surface area contributed by atoms with E-state index in [0.717, 1.165) is 12.1 Å². The first kappa shape index (κ1) is 17.7. The lowest BCUT2D eigenvalue weighted by atomic mass is 9.98. The second-order valence-corrected chi connectivity index (χ2v) is 5.43. The lowest BCUT2D eigenvalue weighted by Crippen LogP contribution is -2.07. The van der Waals surface area contributed by atoms with Crippen LogP contribution in [-0.2, 0) is 17.5 Å². The predicted octanol–water partition coefficient (Wildman–Crippen LogP) is 4.42. The summed E-state index contributed by atoms with van der Waals surface area (Å²) in [6, 6.07) is 11.1. The Morgan fingerprint density at radius 2 is 1.81 bits per heavy atom. The third-order valence-electron chi connectivity index (χ3n) is 3.57. The van der Waals surface area contributed by atoms with E-state index in [1.54, 1.807) is 25.1 Å². The minimum atomic E-state index is -4.42. The fourth-order valence-corrected chi connectivity index (χ4v) is 2.36. The van der Waals surface area contributed by atoms with E-state index in [2.05, 4.69) is 10.1 Å². The molecule has 0 N–H and O–H groups in total. The van der Waals surface area contributed by atoms with Crippen LogP contribution in [0.3, 0.4) is 0 Å². The molecule has 0 bridgehead atoms. The van der Waals surface area contributed by atoms with E-state index in [1.807, 2.05) is 0 Å². The van der Waals surface area contributed by atoms with Gasteiger partial charge in [-0.25, -0.2) is 4.79 Å². The second-order valence-electron chi connectivity index (χ2n) is 5.43. The van der Waals surface area contributed by atoms with Crippen molar-refractivity contribution in [2.45, 2.75) is 19.7 Å². The van der Waals surface area contributed by atoms with Crippen molar-refractivity contribution in [1.29, 1.82) is 0 Å². The number of hydrogen-bond acceptors (Lipinski definition) is 5. The summed E-state index contributed by atoms with van der Waals surface area (Å²) >= 11 is 0. The zero-order chi connectivity index (χ0) is 18.7. The molecule has 3 rings (SSSR count). The van der Waals surface area contributed by atoms with Crippen molar-refractivity contribution in [1.82, 2.24) is 10.1 Å². The Kier molecular flexibility index (Phi) is 4.75. The van der Waals surface area contributed by atoms with Crippen LogP contribution in [0.15, 0.2) is 53.1 Å². The minimum absolute atomic E-state index is 0.155. The van der Waals surface area contributed by atoms with Crippen LogP contribution in [0.4, 0.5) is 13.2 Å². The normalized spacial score (nSPS) is 11.4. The van der Waals surface area contributed by atoms with Crippen LogP contribution in [0.1, 0.15) is 27.6 Å². The van der Waals surface area contributed by atoms with Crippen molar-refractivity contribution < 1.29 is 27.2 Å². The van der Waals surface area contributed by atoms with Crippen molar-refractivity contribution in [2.24, 2.45) is 0 Å². The Bertz CT molecular complexity index is 918. The fraction of sp³-hybridized carbons (Fsp3) is 0.167. The van der Waals surface area contributed by atoms with Crippen molar-refractivity contribution >= 4 is 5.97 Å². The average molecular weight is 362 g/mol. The maximum absolute atomic E-state index is 12.7. The third-order valence-corrected chi connectivity index (χ3v) is 3.57. The number of aromatic nitrogens is 2. The molecule has 2 aromatic carbocycles. The van der Waals surface area contributed by atoms with Gasteiger partial charge in [0.15, 0.2) is 12.4 Å². The number of carbonyl (C=O) groups is 1. The Labute approximate surface area is 146 Å². The molecule has 0 fully saturated rings. The van der Waals surface area contributed by atoms with Crippen LogP contribution in [0.5, 0.6) is 0 Å². The lowest BCUT2D eigenvalue weighted by molar-refractivity contribution is -0.137.